The smallest absolute Gasteiger partial charge is 0.257 e. The molecule has 0 aliphatic carbocycles. The molecule has 0 spiro atoms. The summed E-state index contributed by atoms with van der Waals surface area (Å²) in [5.41, 5.74) is 2.71. The second-order valence-corrected chi connectivity index (χ2v) is 9.27. The zero-order valence-electron chi connectivity index (χ0n) is 21.0. The van der Waals surface area contributed by atoms with Gasteiger partial charge in [0.05, 0.1) is 17.9 Å². The van der Waals surface area contributed by atoms with Crippen LogP contribution in [0, 0.1) is 5.92 Å². The number of hydrogen-bond acceptors (Lipinski definition) is 4. The lowest BCUT2D eigenvalue weighted by atomic mass is 10.1. The Kier molecular flexibility index (Phi) is 10.0. The van der Waals surface area contributed by atoms with Crippen molar-refractivity contribution in [1.82, 2.24) is 10.6 Å². The van der Waals surface area contributed by atoms with E-state index in [0.29, 0.717) is 35.9 Å². The fraction of sp³-hybridized carbons (Fsp3) is 0.276. The summed E-state index contributed by atoms with van der Waals surface area (Å²) in [6, 6.07) is 24.1. The van der Waals surface area contributed by atoms with Crippen molar-refractivity contribution in [3.63, 3.8) is 0 Å². The van der Waals surface area contributed by atoms with E-state index in [4.69, 9.17) is 17.0 Å². The number of rotatable bonds is 10. The van der Waals surface area contributed by atoms with E-state index in [1.54, 1.807) is 54.4 Å². The molecule has 7 heteroatoms. The molecule has 0 aliphatic heterocycles. The Morgan fingerprint density at radius 2 is 1.58 bits per heavy atom. The lowest BCUT2D eigenvalue weighted by Crippen LogP contribution is -2.41. The number of nitrogens with one attached hydrogen (secondary N) is 2. The monoisotopic (exact) mass is 503 g/mol. The van der Waals surface area contributed by atoms with E-state index in [1.807, 2.05) is 36.4 Å². The molecule has 0 unspecified atom stereocenters. The molecule has 0 aromatic heterocycles. The average Bonchev–Trinajstić information content (AvgIpc) is 2.89. The summed E-state index contributed by atoms with van der Waals surface area (Å²) in [5, 5.41) is 5.91. The Bertz CT molecular complexity index is 1160. The molecule has 0 saturated carbocycles. The third-order valence-electron chi connectivity index (χ3n) is 5.66. The van der Waals surface area contributed by atoms with Gasteiger partial charge in [0.25, 0.3) is 11.8 Å². The van der Waals surface area contributed by atoms with Gasteiger partial charge in [0.1, 0.15) is 5.75 Å². The fourth-order valence-electron chi connectivity index (χ4n) is 3.50. The summed E-state index contributed by atoms with van der Waals surface area (Å²) in [4.78, 5) is 27.3. The number of benzene rings is 3. The van der Waals surface area contributed by atoms with Gasteiger partial charge in [0, 0.05) is 19.2 Å². The molecule has 3 aromatic carbocycles. The van der Waals surface area contributed by atoms with Crippen LogP contribution in [0.25, 0.3) is 0 Å². The summed E-state index contributed by atoms with van der Waals surface area (Å²) < 4.78 is 5.71. The molecule has 0 atom stereocenters. The predicted molar refractivity (Wildman–Crippen MR) is 149 cm³/mol. The highest BCUT2D eigenvalue weighted by Gasteiger charge is 2.18. The number of carbonyl (C=O) groups is 2. The molecule has 188 valence electrons. The van der Waals surface area contributed by atoms with Crippen LogP contribution in [0.15, 0.2) is 78.9 Å². The first kappa shape index (κ1) is 26.9. The maximum Gasteiger partial charge on any atom is 0.257 e. The summed E-state index contributed by atoms with van der Waals surface area (Å²) in [7, 11) is 1.73. The lowest BCUT2D eigenvalue weighted by Gasteiger charge is -2.23. The number of para-hydroxylation sites is 1. The zero-order chi connectivity index (χ0) is 25.9. The van der Waals surface area contributed by atoms with E-state index in [1.165, 1.54) is 0 Å². The first-order chi connectivity index (χ1) is 17.3. The van der Waals surface area contributed by atoms with E-state index < -0.39 is 0 Å². The van der Waals surface area contributed by atoms with E-state index in [0.717, 1.165) is 24.2 Å². The second kappa shape index (κ2) is 13.4. The highest BCUT2D eigenvalue weighted by atomic mass is 32.1. The Morgan fingerprint density at radius 1 is 0.917 bits per heavy atom. The molecule has 3 rings (SSSR count). The van der Waals surface area contributed by atoms with Crippen LogP contribution in [0.5, 0.6) is 5.75 Å². The molecule has 0 heterocycles. The number of amides is 2. The van der Waals surface area contributed by atoms with Crippen LogP contribution in [0.3, 0.4) is 0 Å². The van der Waals surface area contributed by atoms with Crippen molar-refractivity contribution in [3.8, 4) is 5.75 Å². The minimum Gasteiger partial charge on any atom is -0.494 e. The third kappa shape index (κ3) is 7.92. The molecule has 0 bridgehead atoms. The van der Waals surface area contributed by atoms with Crippen molar-refractivity contribution in [2.24, 2.45) is 5.92 Å². The number of hydrogen-bond donors (Lipinski definition) is 2. The Labute approximate surface area is 218 Å². The third-order valence-corrected chi connectivity index (χ3v) is 6.03. The Hall–Kier alpha value is -3.71. The highest BCUT2D eigenvalue weighted by Crippen LogP contribution is 2.20. The lowest BCUT2D eigenvalue weighted by molar-refractivity contribution is 0.0952. The zero-order valence-corrected chi connectivity index (χ0v) is 21.8. The molecule has 0 fully saturated rings. The van der Waals surface area contributed by atoms with Crippen molar-refractivity contribution in [2.75, 3.05) is 25.1 Å². The van der Waals surface area contributed by atoms with Crippen molar-refractivity contribution < 1.29 is 14.3 Å². The van der Waals surface area contributed by atoms with Crippen LogP contribution in [-0.2, 0) is 6.42 Å². The van der Waals surface area contributed by atoms with E-state index in [9.17, 15) is 9.59 Å². The van der Waals surface area contributed by atoms with E-state index >= 15 is 0 Å². The van der Waals surface area contributed by atoms with Gasteiger partial charge in [-0.15, -0.1) is 0 Å². The number of thiocarbonyl (C=S) groups is 1. The predicted octanol–water partition coefficient (Wildman–Crippen LogP) is 5.24. The Balaban J connectivity index is 1.58. The van der Waals surface area contributed by atoms with Crippen LogP contribution in [-0.4, -0.2) is 37.1 Å². The van der Waals surface area contributed by atoms with Gasteiger partial charge in [-0.2, -0.15) is 0 Å². The molecule has 0 aliphatic rings. The van der Waals surface area contributed by atoms with Gasteiger partial charge in [0.15, 0.2) is 5.11 Å². The maximum atomic E-state index is 12.9. The normalized spacial score (nSPS) is 10.6. The van der Waals surface area contributed by atoms with Crippen LogP contribution in [0.2, 0.25) is 0 Å². The molecule has 2 N–H and O–H groups in total. The van der Waals surface area contributed by atoms with Crippen LogP contribution >= 0.6 is 12.2 Å². The van der Waals surface area contributed by atoms with Crippen molar-refractivity contribution in [3.05, 3.63) is 95.6 Å². The van der Waals surface area contributed by atoms with Gasteiger partial charge in [-0.1, -0.05) is 56.3 Å². The first-order valence-electron chi connectivity index (χ1n) is 12.1. The van der Waals surface area contributed by atoms with Crippen molar-refractivity contribution in [2.45, 2.75) is 26.7 Å². The van der Waals surface area contributed by atoms with Crippen molar-refractivity contribution in [1.29, 1.82) is 0 Å². The average molecular weight is 504 g/mol. The molecule has 0 saturated heterocycles. The van der Waals surface area contributed by atoms with Crippen molar-refractivity contribution >= 4 is 34.8 Å². The van der Waals surface area contributed by atoms with Crippen LogP contribution < -0.4 is 20.3 Å². The van der Waals surface area contributed by atoms with Gasteiger partial charge in [-0.3, -0.25) is 14.9 Å². The molecule has 2 amide bonds. The SMILES string of the molecule is CC(C)CCOc1ccc(C(=O)NC(=S)N(C)c2ccccc2C(=O)NCCc2ccccc2)cc1. The number of nitrogens with zero attached hydrogens (tertiary/aromatic N) is 1. The number of anilines is 1. The van der Waals surface area contributed by atoms with E-state index in [-0.39, 0.29) is 16.9 Å². The van der Waals surface area contributed by atoms with Crippen LogP contribution in [0.1, 0.15) is 46.5 Å². The molecule has 6 nitrogen and oxygen atoms in total. The van der Waals surface area contributed by atoms with Gasteiger partial charge in [0.2, 0.25) is 0 Å². The number of ether oxygens (including phenoxy) is 1. The second-order valence-electron chi connectivity index (χ2n) is 8.88. The Morgan fingerprint density at radius 3 is 2.28 bits per heavy atom. The first-order valence-corrected chi connectivity index (χ1v) is 12.5. The summed E-state index contributed by atoms with van der Waals surface area (Å²) in [5.74, 6) is 0.763. The maximum absolute atomic E-state index is 12.9. The largest absolute Gasteiger partial charge is 0.494 e. The fourth-order valence-corrected chi connectivity index (χ4v) is 3.69. The van der Waals surface area contributed by atoms with Gasteiger partial charge in [-0.25, -0.2) is 0 Å². The minimum atomic E-state index is -0.328. The summed E-state index contributed by atoms with van der Waals surface area (Å²) in [6.45, 7) is 5.44. The minimum absolute atomic E-state index is 0.196. The van der Waals surface area contributed by atoms with Gasteiger partial charge < -0.3 is 15.0 Å². The van der Waals surface area contributed by atoms with Crippen LogP contribution in [0.4, 0.5) is 5.69 Å². The molecule has 3 aromatic rings. The molecular formula is C29H33N3O3S. The highest BCUT2D eigenvalue weighted by molar-refractivity contribution is 7.80. The topological polar surface area (TPSA) is 70.7 Å². The number of carbonyl (C=O) groups excluding carboxylic acids is 2. The summed E-state index contributed by atoms with van der Waals surface area (Å²) >= 11 is 5.48. The molecule has 36 heavy (non-hydrogen) atoms. The van der Waals surface area contributed by atoms with Gasteiger partial charge in [-0.05, 0) is 72.9 Å². The quantitative estimate of drug-likeness (QED) is 0.371. The van der Waals surface area contributed by atoms with Gasteiger partial charge >= 0.3 is 0 Å². The standard InChI is InChI=1S/C29H33N3O3S/c1-21(2)18-20-35-24-15-13-23(14-16-24)27(33)31-29(36)32(3)26-12-8-7-11-25(26)28(34)30-19-17-22-9-5-4-6-10-22/h4-16,21H,17-20H2,1-3H3,(H,30,34)(H,31,33,36). The molecular weight excluding hydrogens is 470 g/mol. The summed E-state index contributed by atoms with van der Waals surface area (Å²) in [6.07, 6.45) is 1.70. The van der Waals surface area contributed by atoms with E-state index in [2.05, 4.69) is 24.5 Å². The molecule has 0 radical (unpaired) electrons.